The molecule has 2 N–H and O–H groups in total. The van der Waals surface area contributed by atoms with Crippen LogP contribution in [0.3, 0.4) is 0 Å². The third kappa shape index (κ3) is 2.69. The van der Waals surface area contributed by atoms with Crippen molar-refractivity contribution in [2.24, 2.45) is 5.73 Å². The van der Waals surface area contributed by atoms with Crippen molar-refractivity contribution in [3.8, 4) is 11.4 Å². The summed E-state index contributed by atoms with van der Waals surface area (Å²) in [4.78, 5) is 4.36. The van der Waals surface area contributed by atoms with Crippen molar-refractivity contribution < 1.29 is 8.91 Å². The lowest BCUT2D eigenvalue weighted by molar-refractivity contribution is 0.291. The Balaban J connectivity index is 2.38. The monoisotopic (exact) mass is 327 g/mol. The summed E-state index contributed by atoms with van der Waals surface area (Å²) in [5, 5.41) is 3.93. The maximum absolute atomic E-state index is 13.2. The molecule has 4 nitrogen and oxygen atoms in total. The number of nitrogens with zero attached hydrogens (tertiary/aromatic N) is 2. The normalized spacial score (nSPS) is 14.4. The fraction of sp³-hybridized carbons (Fsp3) is 0.385. The van der Waals surface area contributed by atoms with Gasteiger partial charge in [-0.1, -0.05) is 12.1 Å². The Morgan fingerprint density at radius 3 is 2.79 bits per heavy atom. The van der Waals surface area contributed by atoms with E-state index >= 15 is 0 Å². The average molecular weight is 328 g/mol. The molecule has 6 heteroatoms. The molecule has 0 aliphatic rings. The number of hydrogen-bond acceptors (Lipinski definition) is 4. The third-order valence-electron chi connectivity index (χ3n) is 3.35. The minimum atomic E-state index is -0.331. The number of aromatic nitrogens is 2. The first-order chi connectivity index (χ1) is 9.00. The lowest BCUT2D eigenvalue weighted by atomic mass is 9.88. The molecule has 1 heterocycles. The van der Waals surface area contributed by atoms with Crippen molar-refractivity contribution in [3.63, 3.8) is 0 Å². The van der Waals surface area contributed by atoms with Gasteiger partial charge in [0.15, 0.2) is 0 Å². The summed E-state index contributed by atoms with van der Waals surface area (Å²) < 4.78 is 18.8. The summed E-state index contributed by atoms with van der Waals surface area (Å²) in [7, 11) is 0. The Hall–Kier alpha value is -1.27. The van der Waals surface area contributed by atoms with E-state index in [4.69, 9.17) is 10.3 Å². The Morgan fingerprint density at radius 1 is 1.47 bits per heavy atom. The van der Waals surface area contributed by atoms with E-state index in [1.54, 1.807) is 12.1 Å². The van der Waals surface area contributed by atoms with Crippen molar-refractivity contribution in [2.45, 2.75) is 25.7 Å². The fourth-order valence-corrected chi connectivity index (χ4v) is 1.98. The molecule has 0 aliphatic carbocycles. The van der Waals surface area contributed by atoms with Gasteiger partial charge in [0.25, 0.3) is 0 Å². The molecule has 0 fully saturated rings. The van der Waals surface area contributed by atoms with E-state index in [9.17, 15) is 4.39 Å². The lowest BCUT2D eigenvalue weighted by Gasteiger charge is -2.20. The summed E-state index contributed by atoms with van der Waals surface area (Å²) in [6.07, 6.45) is 0.804. The van der Waals surface area contributed by atoms with Gasteiger partial charge < -0.3 is 10.3 Å². The van der Waals surface area contributed by atoms with E-state index in [0.717, 1.165) is 6.42 Å². The first-order valence-corrected chi connectivity index (χ1v) is 6.79. The molecule has 0 amide bonds. The van der Waals surface area contributed by atoms with Crippen LogP contribution in [0.5, 0.6) is 0 Å². The van der Waals surface area contributed by atoms with E-state index in [2.05, 4.69) is 26.1 Å². The predicted molar refractivity (Wildman–Crippen MR) is 74.1 cm³/mol. The number of rotatable bonds is 4. The summed E-state index contributed by atoms with van der Waals surface area (Å²) in [6.45, 7) is 4.42. The van der Waals surface area contributed by atoms with Crippen LogP contribution in [0.15, 0.2) is 27.2 Å². The molecule has 0 saturated carbocycles. The molecular weight excluding hydrogens is 313 g/mol. The van der Waals surface area contributed by atoms with Crippen LogP contribution in [0.25, 0.3) is 11.4 Å². The summed E-state index contributed by atoms with van der Waals surface area (Å²) in [5.41, 5.74) is 6.12. The maximum Gasteiger partial charge on any atom is 0.234 e. The predicted octanol–water partition coefficient (Wildman–Crippen LogP) is 3.26. The Labute approximate surface area is 119 Å². The van der Waals surface area contributed by atoms with Crippen LogP contribution < -0.4 is 5.73 Å². The minimum absolute atomic E-state index is 0.326. The van der Waals surface area contributed by atoms with Gasteiger partial charge in [0, 0.05) is 12.1 Å². The average Bonchev–Trinajstić information content (AvgIpc) is 2.91. The number of halogens is 2. The molecule has 102 valence electrons. The van der Waals surface area contributed by atoms with Gasteiger partial charge in [-0.3, -0.25) is 0 Å². The Bertz CT molecular complexity index is 581. The van der Waals surface area contributed by atoms with Crippen molar-refractivity contribution in [1.82, 2.24) is 10.1 Å². The molecule has 0 saturated heterocycles. The van der Waals surface area contributed by atoms with Crippen molar-refractivity contribution >= 4 is 15.9 Å². The molecule has 1 unspecified atom stereocenters. The van der Waals surface area contributed by atoms with E-state index in [0.29, 0.717) is 28.3 Å². The third-order valence-corrected chi connectivity index (χ3v) is 3.96. The fourth-order valence-electron chi connectivity index (χ4n) is 1.60. The van der Waals surface area contributed by atoms with E-state index in [-0.39, 0.29) is 11.2 Å². The second kappa shape index (κ2) is 5.38. The highest BCUT2D eigenvalue weighted by Gasteiger charge is 2.29. The van der Waals surface area contributed by atoms with Crippen LogP contribution >= 0.6 is 15.9 Å². The van der Waals surface area contributed by atoms with Gasteiger partial charge in [-0.15, -0.1) is 0 Å². The van der Waals surface area contributed by atoms with Crippen LogP contribution in [-0.2, 0) is 5.41 Å². The van der Waals surface area contributed by atoms with Gasteiger partial charge >= 0.3 is 0 Å². The second-order valence-corrected chi connectivity index (χ2v) is 5.52. The first kappa shape index (κ1) is 14.1. The smallest absolute Gasteiger partial charge is 0.234 e. The topological polar surface area (TPSA) is 64.9 Å². The van der Waals surface area contributed by atoms with Crippen LogP contribution in [-0.4, -0.2) is 16.7 Å². The quantitative estimate of drug-likeness (QED) is 0.935. The summed E-state index contributed by atoms with van der Waals surface area (Å²) >= 11 is 3.14. The molecule has 19 heavy (non-hydrogen) atoms. The summed E-state index contributed by atoms with van der Waals surface area (Å²) in [6, 6.07) is 4.59. The molecule has 0 radical (unpaired) electrons. The van der Waals surface area contributed by atoms with Crippen LogP contribution in [0.2, 0.25) is 0 Å². The summed E-state index contributed by atoms with van der Waals surface area (Å²) in [5.74, 6) is 0.615. The number of benzene rings is 1. The highest BCUT2D eigenvalue weighted by molar-refractivity contribution is 9.10. The Morgan fingerprint density at radius 2 is 2.21 bits per heavy atom. The van der Waals surface area contributed by atoms with Crippen molar-refractivity contribution in [1.29, 1.82) is 0 Å². The van der Waals surface area contributed by atoms with Gasteiger partial charge in [0.05, 0.1) is 9.89 Å². The highest BCUT2D eigenvalue weighted by Crippen LogP contribution is 2.28. The van der Waals surface area contributed by atoms with Gasteiger partial charge in [0.1, 0.15) is 5.82 Å². The van der Waals surface area contributed by atoms with Gasteiger partial charge in [0.2, 0.25) is 11.7 Å². The van der Waals surface area contributed by atoms with Crippen molar-refractivity contribution in [2.75, 3.05) is 6.54 Å². The molecular formula is C13H15BrFN3O. The van der Waals surface area contributed by atoms with Gasteiger partial charge in [-0.2, -0.15) is 4.98 Å². The maximum atomic E-state index is 13.2. The van der Waals surface area contributed by atoms with E-state index in [1.807, 2.05) is 13.8 Å². The molecule has 2 rings (SSSR count). The van der Waals surface area contributed by atoms with Gasteiger partial charge in [-0.25, -0.2) is 4.39 Å². The number of nitrogens with two attached hydrogens (primary N) is 1. The highest BCUT2D eigenvalue weighted by atomic mass is 79.9. The molecule has 0 aliphatic heterocycles. The molecule has 2 aromatic rings. The molecule has 1 aromatic carbocycles. The molecule has 1 aromatic heterocycles. The SMILES string of the molecule is CCC(C)(CN)c1nc(-c2ccc(F)c(Br)c2)no1. The first-order valence-electron chi connectivity index (χ1n) is 6.00. The molecule has 0 spiro atoms. The van der Waals surface area contributed by atoms with E-state index < -0.39 is 0 Å². The lowest BCUT2D eigenvalue weighted by Crippen LogP contribution is -2.31. The zero-order valence-corrected chi connectivity index (χ0v) is 12.4. The standard InChI is InChI=1S/C13H15BrFN3O/c1-3-13(2,7-16)12-17-11(18-19-12)8-4-5-10(15)9(14)6-8/h4-6H,3,7,16H2,1-2H3. The van der Waals surface area contributed by atoms with Crippen LogP contribution in [0, 0.1) is 5.82 Å². The largest absolute Gasteiger partial charge is 0.338 e. The van der Waals surface area contributed by atoms with E-state index in [1.165, 1.54) is 6.07 Å². The van der Waals surface area contributed by atoms with Crippen LogP contribution in [0.1, 0.15) is 26.2 Å². The second-order valence-electron chi connectivity index (χ2n) is 4.67. The van der Waals surface area contributed by atoms with Crippen LogP contribution in [0.4, 0.5) is 4.39 Å². The minimum Gasteiger partial charge on any atom is -0.338 e. The molecule has 0 bridgehead atoms. The molecule has 1 atom stereocenters. The zero-order chi connectivity index (χ0) is 14.0. The van der Waals surface area contributed by atoms with Crippen molar-refractivity contribution in [3.05, 3.63) is 34.4 Å². The van der Waals surface area contributed by atoms with Gasteiger partial charge in [-0.05, 0) is 47.5 Å². The Kier molecular flexibility index (Phi) is 4.01. The zero-order valence-electron chi connectivity index (χ0n) is 10.8. The number of hydrogen-bond donors (Lipinski definition) is 1.